The predicted molar refractivity (Wildman–Crippen MR) is 94.1 cm³/mol. The second kappa shape index (κ2) is 8.15. The van der Waals surface area contributed by atoms with E-state index in [4.69, 9.17) is 4.74 Å². The summed E-state index contributed by atoms with van der Waals surface area (Å²) in [5.74, 6) is -0.246. The Balaban J connectivity index is 1.61. The molecule has 2 aliphatic heterocycles. The molecule has 8 nitrogen and oxygen atoms in total. The van der Waals surface area contributed by atoms with E-state index >= 15 is 0 Å². The minimum atomic E-state index is -3.62. The van der Waals surface area contributed by atoms with Crippen molar-refractivity contribution in [1.82, 2.24) is 14.5 Å². The molecule has 0 aliphatic carbocycles. The van der Waals surface area contributed by atoms with Gasteiger partial charge in [0.05, 0.1) is 11.0 Å². The molecular formula is C17H23N3O5S. The maximum Gasteiger partial charge on any atom is 0.251 e. The molecule has 9 heteroatoms. The summed E-state index contributed by atoms with van der Waals surface area (Å²) in [6.45, 7) is 2.49. The highest BCUT2D eigenvalue weighted by Crippen LogP contribution is 2.18. The number of hydrogen-bond acceptors (Lipinski definition) is 5. The Morgan fingerprint density at radius 3 is 2.46 bits per heavy atom. The number of piperazine rings is 1. The highest BCUT2D eigenvalue weighted by Gasteiger charge is 2.28. The average Bonchev–Trinajstić information content (AvgIpc) is 3.20. The zero-order valence-electron chi connectivity index (χ0n) is 14.5. The van der Waals surface area contributed by atoms with E-state index in [1.807, 2.05) is 0 Å². The van der Waals surface area contributed by atoms with Crippen molar-refractivity contribution in [1.29, 1.82) is 0 Å². The van der Waals surface area contributed by atoms with Crippen molar-refractivity contribution in [2.45, 2.75) is 23.8 Å². The van der Waals surface area contributed by atoms with Crippen LogP contribution in [-0.2, 0) is 19.6 Å². The normalized spacial score (nSPS) is 21.5. The zero-order valence-corrected chi connectivity index (χ0v) is 15.3. The molecule has 0 saturated carbocycles. The first-order valence-electron chi connectivity index (χ1n) is 8.70. The molecule has 3 rings (SSSR count). The lowest BCUT2D eigenvalue weighted by Gasteiger charge is -2.31. The molecule has 142 valence electrons. The van der Waals surface area contributed by atoms with Crippen LogP contribution in [0.3, 0.4) is 0 Å². The molecule has 0 radical (unpaired) electrons. The van der Waals surface area contributed by atoms with E-state index in [0.29, 0.717) is 25.2 Å². The van der Waals surface area contributed by atoms with Gasteiger partial charge in [-0.3, -0.25) is 9.59 Å². The summed E-state index contributed by atoms with van der Waals surface area (Å²) in [4.78, 5) is 24.6. The number of ether oxygens (including phenoxy) is 1. The Morgan fingerprint density at radius 2 is 1.88 bits per heavy atom. The standard InChI is InChI=1S/C17H23N3O5S/c21-13-19-7-9-20(10-8-19)26(23,24)16-5-3-14(4-6-16)17(22)18-12-15-2-1-11-25-15/h3-6,13,15H,1-2,7-12H2,(H,18,22). The average molecular weight is 381 g/mol. The number of amides is 2. The fourth-order valence-corrected chi connectivity index (χ4v) is 4.51. The Kier molecular flexibility index (Phi) is 5.90. The van der Waals surface area contributed by atoms with E-state index in [-0.39, 0.29) is 30.0 Å². The van der Waals surface area contributed by atoms with E-state index in [0.717, 1.165) is 25.9 Å². The Bertz CT molecular complexity index is 736. The number of nitrogens with one attached hydrogen (secondary N) is 1. The number of sulfonamides is 1. The van der Waals surface area contributed by atoms with E-state index in [2.05, 4.69) is 5.32 Å². The Hall–Kier alpha value is -1.97. The highest BCUT2D eigenvalue weighted by atomic mass is 32.2. The van der Waals surface area contributed by atoms with Gasteiger partial charge in [-0.15, -0.1) is 0 Å². The molecule has 1 aromatic carbocycles. The smallest absolute Gasteiger partial charge is 0.251 e. The van der Waals surface area contributed by atoms with Crippen molar-refractivity contribution in [3.05, 3.63) is 29.8 Å². The van der Waals surface area contributed by atoms with Gasteiger partial charge >= 0.3 is 0 Å². The topological polar surface area (TPSA) is 96.0 Å². The van der Waals surface area contributed by atoms with Crippen LogP contribution in [0.1, 0.15) is 23.2 Å². The summed E-state index contributed by atoms with van der Waals surface area (Å²) >= 11 is 0. The van der Waals surface area contributed by atoms with Crippen molar-refractivity contribution in [3.63, 3.8) is 0 Å². The molecule has 2 aliphatic rings. The van der Waals surface area contributed by atoms with Gasteiger partial charge in [-0.25, -0.2) is 8.42 Å². The van der Waals surface area contributed by atoms with Gasteiger partial charge in [0.15, 0.2) is 0 Å². The molecule has 2 saturated heterocycles. The third-order valence-corrected chi connectivity index (χ3v) is 6.60. The molecule has 2 heterocycles. The van der Waals surface area contributed by atoms with Crippen molar-refractivity contribution in [2.75, 3.05) is 39.3 Å². The number of hydrogen-bond donors (Lipinski definition) is 1. The first kappa shape index (κ1) is 18.8. The Morgan fingerprint density at radius 1 is 1.19 bits per heavy atom. The van der Waals surface area contributed by atoms with Crippen molar-refractivity contribution in [3.8, 4) is 0 Å². The van der Waals surface area contributed by atoms with Crippen LogP contribution in [0, 0.1) is 0 Å². The fourth-order valence-electron chi connectivity index (χ4n) is 3.09. The second-order valence-corrected chi connectivity index (χ2v) is 8.35. The van der Waals surface area contributed by atoms with Gasteiger partial charge in [-0.05, 0) is 37.1 Å². The van der Waals surface area contributed by atoms with Crippen LogP contribution in [-0.4, -0.2) is 75.4 Å². The van der Waals surface area contributed by atoms with Crippen LogP contribution in [0.2, 0.25) is 0 Å². The van der Waals surface area contributed by atoms with Crippen molar-refractivity contribution in [2.24, 2.45) is 0 Å². The summed E-state index contributed by atoms with van der Waals surface area (Å²) in [7, 11) is -3.62. The molecule has 26 heavy (non-hydrogen) atoms. The number of benzene rings is 1. The van der Waals surface area contributed by atoms with Crippen LogP contribution < -0.4 is 5.32 Å². The van der Waals surface area contributed by atoms with Crippen LogP contribution in [0.4, 0.5) is 0 Å². The summed E-state index contributed by atoms with van der Waals surface area (Å²) < 4.78 is 32.2. The Labute approximate surface area is 153 Å². The van der Waals surface area contributed by atoms with Crippen LogP contribution in [0.25, 0.3) is 0 Å². The fraction of sp³-hybridized carbons (Fsp3) is 0.529. The number of carbonyl (C=O) groups is 2. The van der Waals surface area contributed by atoms with Gasteiger partial charge in [-0.1, -0.05) is 0 Å². The number of rotatable bonds is 6. The first-order valence-corrected chi connectivity index (χ1v) is 10.1. The van der Waals surface area contributed by atoms with Crippen molar-refractivity contribution >= 4 is 22.3 Å². The molecule has 1 atom stereocenters. The van der Waals surface area contributed by atoms with Gasteiger partial charge in [0.2, 0.25) is 16.4 Å². The summed E-state index contributed by atoms with van der Waals surface area (Å²) in [5, 5.41) is 2.81. The van der Waals surface area contributed by atoms with Crippen LogP contribution >= 0.6 is 0 Å². The number of carbonyl (C=O) groups excluding carboxylic acids is 2. The molecule has 0 aromatic heterocycles. The minimum Gasteiger partial charge on any atom is -0.376 e. The molecule has 1 N–H and O–H groups in total. The van der Waals surface area contributed by atoms with Gasteiger partial charge in [0.1, 0.15) is 0 Å². The van der Waals surface area contributed by atoms with E-state index in [1.54, 1.807) is 4.90 Å². The third-order valence-electron chi connectivity index (χ3n) is 4.69. The SMILES string of the molecule is O=CN1CCN(S(=O)(=O)c2ccc(C(=O)NCC3CCCO3)cc2)CC1. The maximum absolute atomic E-state index is 12.7. The van der Waals surface area contributed by atoms with Gasteiger partial charge < -0.3 is 15.0 Å². The molecule has 2 amide bonds. The predicted octanol–water partition coefficient (Wildman–Crippen LogP) is 0.0581. The molecule has 0 spiro atoms. The molecule has 2 fully saturated rings. The lowest BCUT2D eigenvalue weighted by molar-refractivity contribution is -0.119. The quantitative estimate of drug-likeness (QED) is 0.703. The lowest BCUT2D eigenvalue weighted by atomic mass is 10.2. The van der Waals surface area contributed by atoms with Crippen molar-refractivity contribution < 1.29 is 22.7 Å². The summed E-state index contributed by atoms with van der Waals surface area (Å²) in [5.41, 5.74) is 0.410. The molecule has 1 aromatic rings. The van der Waals surface area contributed by atoms with Gasteiger partial charge in [0.25, 0.3) is 5.91 Å². The largest absolute Gasteiger partial charge is 0.376 e. The number of nitrogens with zero attached hydrogens (tertiary/aromatic N) is 2. The maximum atomic E-state index is 12.7. The summed E-state index contributed by atoms with van der Waals surface area (Å²) in [6, 6.07) is 5.92. The summed E-state index contributed by atoms with van der Waals surface area (Å²) in [6.07, 6.45) is 2.74. The molecule has 1 unspecified atom stereocenters. The third kappa shape index (κ3) is 4.22. The first-order chi connectivity index (χ1) is 12.5. The minimum absolute atomic E-state index is 0.0589. The van der Waals surface area contributed by atoms with E-state index in [1.165, 1.54) is 28.6 Å². The molecular weight excluding hydrogens is 358 g/mol. The van der Waals surface area contributed by atoms with E-state index in [9.17, 15) is 18.0 Å². The lowest BCUT2D eigenvalue weighted by Crippen LogP contribution is -2.47. The van der Waals surface area contributed by atoms with E-state index < -0.39 is 10.0 Å². The van der Waals surface area contributed by atoms with Gasteiger partial charge in [-0.2, -0.15) is 4.31 Å². The second-order valence-electron chi connectivity index (χ2n) is 6.41. The van der Waals surface area contributed by atoms with Crippen LogP contribution in [0.5, 0.6) is 0 Å². The zero-order chi connectivity index (χ0) is 18.6. The highest BCUT2D eigenvalue weighted by molar-refractivity contribution is 7.89. The molecule has 0 bridgehead atoms. The van der Waals surface area contributed by atoms with Crippen LogP contribution in [0.15, 0.2) is 29.2 Å². The monoisotopic (exact) mass is 381 g/mol. The van der Waals surface area contributed by atoms with Gasteiger partial charge in [0, 0.05) is 44.9 Å².